The molecule has 0 saturated heterocycles. The highest BCUT2D eigenvalue weighted by atomic mass is 31.1. The highest BCUT2D eigenvalue weighted by Crippen LogP contribution is 2.57. The van der Waals surface area contributed by atoms with Gasteiger partial charge in [0.05, 0.1) is 31.7 Å². The predicted molar refractivity (Wildman–Crippen MR) is 73.4 cm³/mol. The summed E-state index contributed by atoms with van der Waals surface area (Å²) in [4.78, 5) is 0. The van der Waals surface area contributed by atoms with E-state index in [9.17, 15) is 10.2 Å². The fourth-order valence-corrected chi connectivity index (χ4v) is 5.45. The summed E-state index contributed by atoms with van der Waals surface area (Å²) < 4.78 is 5.48. The summed E-state index contributed by atoms with van der Waals surface area (Å²) in [6.45, 7) is 7.81. The summed E-state index contributed by atoms with van der Waals surface area (Å²) in [5.74, 6) is 0. The molecule has 0 bridgehead atoms. The molecule has 0 spiro atoms. The largest absolute Gasteiger partial charge is 0.395 e. The van der Waals surface area contributed by atoms with Gasteiger partial charge in [0.25, 0.3) is 0 Å². The Morgan fingerprint density at radius 3 is 2.17 bits per heavy atom. The Bertz CT molecular complexity index is 273. The van der Waals surface area contributed by atoms with Crippen LogP contribution >= 0.6 is 7.92 Å². The van der Waals surface area contributed by atoms with E-state index in [0.29, 0.717) is 0 Å². The molecule has 0 fully saturated rings. The first-order valence-electron chi connectivity index (χ1n) is 6.19. The SMILES string of the molecule is CC(C)P(C(C)C)[C@@](O)(OCCC#N)[C@@H](N)CO. The molecule has 0 radical (unpaired) electrons. The van der Waals surface area contributed by atoms with Gasteiger partial charge in [-0.1, -0.05) is 27.7 Å². The zero-order valence-corrected chi connectivity index (χ0v) is 12.5. The fraction of sp³-hybridized carbons (Fsp3) is 0.917. The predicted octanol–water partition coefficient (Wildman–Crippen LogP) is 1.18. The first-order valence-corrected chi connectivity index (χ1v) is 7.67. The van der Waals surface area contributed by atoms with Crippen LogP contribution in [0, 0.1) is 11.3 Å². The molecule has 0 rings (SSSR count). The third-order valence-electron chi connectivity index (χ3n) is 2.69. The Kier molecular flexibility index (Phi) is 7.93. The van der Waals surface area contributed by atoms with Gasteiger partial charge in [-0.25, -0.2) is 0 Å². The number of hydrogen-bond acceptors (Lipinski definition) is 5. The molecule has 4 N–H and O–H groups in total. The van der Waals surface area contributed by atoms with Crippen molar-refractivity contribution in [2.45, 2.75) is 57.0 Å². The van der Waals surface area contributed by atoms with E-state index >= 15 is 0 Å². The van der Waals surface area contributed by atoms with Crippen LogP contribution in [0.4, 0.5) is 0 Å². The van der Waals surface area contributed by atoms with E-state index in [4.69, 9.17) is 15.7 Å². The second-order valence-electron chi connectivity index (χ2n) is 4.80. The van der Waals surface area contributed by atoms with Crippen molar-refractivity contribution in [3.05, 3.63) is 0 Å². The van der Waals surface area contributed by atoms with E-state index < -0.39 is 19.5 Å². The topological polar surface area (TPSA) is 99.5 Å². The van der Waals surface area contributed by atoms with Crippen molar-refractivity contribution in [3.8, 4) is 6.07 Å². The number of nitrogens with zero attached hydrogens (tertiary/aromatic N) is 1. The molecular formula is C12H25N2O3P. The quantitative estimate of drug-likeness (QED) is 0.351. The molecule has 0 aromatic carbocycles. The molecule has 0 aliphatic heterocycles. The Balaban J connectivity index is 5.10. The molecule has 18 heavy (non-hydrogen) atoms. The second-order valence-corrected chi connectivity index (χ2v) is 8.32. The lowest BCUT2D eigenvalue weighted by Crippen LogP contribution is -2.53. The average Bonchev–Trinajstić information content (AvgIpc) is 2.27. The van der Waals surface area contributed by atoms with E-state index in [1.807, 2.05) is 33.8 Å². The van der Waals surface area contributed by atoms with Gasteiger partial charge in [0.1, 0.15) is 0 Å². The molecule has 0 aliphatic rings. The molecule has 0 aromatic heterocycles. The van der Waals surface area contributed by atoms with E-state index in [1.54, 1.807) is 0 Å². The Morgan fingerprint density at radius 2 is 1.83 bits per heavy atom. The lowest BCUT2D eigenvalue weighted by atomic mass is 10.3. The zero-order valence-electron chi connectivity index (χ0n) is 11.6. The maximum atomic E-state index is 10.7. The highest BCUT2D eigenvalue weighted by molar-refractivity contribution is 7.60. The van der Waals surface area contributed by atoms with Crippen LogP contribution in [0.25, 0.3) is 0 Å². The molecule has 0 aliphatic carbocycles. The maximum Gasteiger partial charge on any atom is 0.202 e. The van der Waals surface area contributed by atoms with Crippen LogP contribution in [-0.4, -0.2) is 46.3 Å². The molecule has 0 heterocycles. The van der Waals surface area contributed by atoms with Crippen LogP contribution in [0.15, 0.2) is 0 Å². The highest BCUT2D eigenvalue weighted by Gasteiger charge is 2.45. The van der Waals surface area contributed by atoms with Crippen molar-refractivity contribution >= 4 is 7.92 Å². The first-order chi connectivity index (χ1) is 8.31. The Morgan fingerprint density at radius 1 is 1.33 bits per heavy atom. The third kappa shape index (κ3) is 4.46. The normalized spacial score (nSPS) is 16.9. The number of ether oxygens (including phenoxy) is 1. The fourth-order valence-electron chi connectivity index (χ4n) is 2.08. The molecule has 6 heteroatoms. The van der Waals surface area contributed by atoms with Crippen molar-refractivity contribution in [1.29, 1.82) is 5.26 Å². The van der Waals surface area contributed by atoms with Gasteiger partial charge in [0.15, 0.2) is 0 Å². The summed E-state index contributed by atoms with van der Waals surface area (Å²) >= 11 is 0. The first kappa shape index (κ1) is 17.8. The standard InChI is InChI=1S/C12H25N2O3P/c1-9(2)18(10(3)4)12(16,11(14)8-15)17-7-5-6-13/h9-11,15-16H,5,7-8,14H2,1-4H3/t11-,12-/m0/s1. The number of nitrogens with two attached hydrogens (primary N) is 1. The molecule has 106 valence electrons. The zero-order chi connectivity index (χ0) is 14.3. The lowest BCUT2D eigenvalue weighted by Gasteiger charge is -2.43. The number of aliphatic hydroxyl groups is 2. The molecular weight excluding hydrogens is 251 g/mol. The van der Waals surface area contributed by atoms with E-state index in [0.717, 1.165) is 0 Å². The molecule has 0 aromatic rings. The maximum absolute atomic E-state index is 10.7. The van der Waals surface area contributed by atoms with Crippen molar-refractivity contribution in [3.63, 3.8) is 0 Å². The van der Waals surface area contributed by atoms with Crippen LogP contribution < -0.4 is 5.73 Å². The minimum Gasteiger partial charge on any atom is -0.395 e. The summed E-state index contributed by atoms with van der Waals surface area (Å²) in [6.07, 6.45) is 0.194. The van der Waals surface area contributed by atoms with E-state index in [1.165, 1.54) is 0 Å². The average molecular weight is 276 g/mol. The van der Waals surface area contributed by atoms with Crippen LogP contribution in [0.3, 0.4) is 0 Å². The Labute approximate surface area is 111 Å². The van der Waals surface area contributed by atoms with Gasteiger partial charge in [-0.2, -0.15) is 5.26 Å². The summed E-state index contributed by atoms with van der Waals surface area (Å²) in [5.41, 5.74) is 4.71. The van der Waals surface area contributed by atoms with Gasteiger partial charge in [0.2, 0.25) is 5.53 Å². The lowest BCUT2D eigenvalue weighted by molar-refractivity contribution is -0.155. The van der Waals surface area contributed by atoms with Crippen molar-refractivity contribution in [2.75, 3.05) is 13.2 Å². The van der Waals surface area contributed by atoms with Crippen LogP contribution in [0.1, 0.15) is 34.1 Å². The number of aliphatic hydroxyl groups excluding tert-OH is 1. The van der Waals surface area contributed by atoms with Gasteiger partial charge in [-0.3, -0.25) is 0 Å². The van der Waals surface area contributed by atoms with Crippen molar-refractivity contribution < 1.29 is 14.9 Å². The van der Waals surface area contributed by atoms with Gasteiger partial charge in [-0.15, -0.1) is 0 Å². The van der Waals surface area contributed by atoms with Gasteiger partial charge < -0.3 is 20.7 Å². The molecule has 5 nitrogen and oxygen atoms in total. The summed E-state index contributed by atoms with van der Waals surface area (Å²) in [7, 11) is -0.947. The number of nitriles is 1. The number of hydrogen-bond donors (Lipinski definition) is 3. The van der Waals surface area contributed by atoms with Gasteiger partial charge in [0, 0.05) is 0 Å². The summed E-state index contributed by atoms with van der Waals surface area (Å²) in [6, 6.07) is 1.11. The minimum absolute atomic E-state index is 0.124. The smallest absolute Gasteiger partial charge is 0.202 e. The third-order valence-corrected chi connectivity index (χ3v) is 6.12. The van der Waals surface area contributed by atoms with Crippen LogP contribution in [0.5, 0.6) is 0 Å². The minimum atomic E-state index is -1.54. The van der Waals surface area contributed by atoms with Gasteiger partial charge in [-0.05, 0) is 19.2 Å². The van der Waals surface area contributed by atoms with E-state index in [-0.39, 0.29) is 31.0 Å². The van der Waals surface area contributed by atoms with Gasteiger partial charge >= 0.3 is 0 Å². The van der Waals surface area contributed by atoms with E-state index in [2.05, 4.69) is 0 Å². The molecule has 0 amide bonds. The van der Waals surface area contributed by atoms with Crippen LogP contribution in [0.2, 0.25) is 0 Å². The number of rotatable bonds is 8. The van der Waals surface area contributed by atoms with Crippen molar-refractivity contribution in [2.24, 2.45) is 5.73 Å². The molecule has 0 unspecified atom stereocenters. The van der Waals surface area contributed by atoms with Crippen molar-refractivity contribution in [1.82, 2.24) is 0 Å². The second kappa shape index (κ2) is 8.04. The van der Waals surface area contributed by atoms with Crippen LogP contribution in [-0.2, 0) is 4.74 Å². The summed E-state index contributed by atoms with van der Waals surface area (Å²) in [5, 5.41) is 28.5. The Hall–Kier alpha value is -0.240. The molecule has 0 saturated carbocycles. The molecule has 2 atom stereocenters. The monoisotopic (exact) mass is 276 g/mol.